The monoisotopic (exact) mass is 411 g/mol. The highest BCUT2D eigenvalue weighted by Gasteiger charge is 2.27. The van der Waals surface area contributed by atoms with Crippen molar-refractivity contribution in [1.82, 2.24) is 14.5 Å². The molecule has 1 amide bonds. The van der Waals surface area contributed by atoms with Crippen molar-refractivity contribution in [2.75, 3.05) is 0 Å². The van der Waals surface area contributed by atoms with Gasteiger partial charge in [0.2, 0.25) is 5.91 Å². The minimum atomic E-state index is -0.331. The van der Waals surface area contributed by atoms with Gasteiger partial charge in [-0.25, -0.2) is 4.98 Å². The summed E-state index contributed by atoms with van der Waals surface area (Å²) in [7, 11) is 0. The van der Waals surface area contributed by atoms with E-state index >= 15 is 0 Å². The molecule has 0 saturated heterocycles. The smallest absolute Gasteiger partial charge is 0.262 e. The van der Waals surface area contributed by atoms with Gasteiger partial charge in [0.15, 0.2) is 5.16 Å². The molecule has 0 saturated carbocycles. The molecular formula is C23H29N3O2S. The van der Waals surface area contributed by atoms with Crippen LogP contribution < -0.4 is 5.56 Å². The van der Waals surface area contributed by atoms with E-state index in [4.69, 9.17) is 4.98 Å². The number of fused-ring (bicyclic) bond motifs is 2. The van der Waals surface area contributed by atoms with E-state index in [-0.39, 0.29) is 28.8 Å². The van der Waals surface area contributed by atoms with Crippen LogP contribution in [-0.2, 0) is 11.3 Å². The molecule has 29 heavy (non-hydrogen) atoms. The van der Waals surface area contributed by atoms with Gasteiger partial charge in [-0.2, -0.15) is 0 Å². The minimum Gasteiger partial charge on any atom is -0.337 e. The molecule has 2 aromatic carbocycles. The Kier molecular flexibility index (Phi) is 6.32. The molecule has 1 aromatic heterocycles. The van der Waals surface area contributed by atoms with Crippen molar-refractivity contribution in [3.8, 4) is 0 Å². The largest absolute Gasteiger partial charge is 0.337 e. The summed E-state index contributed by atoms with van der Waals surface area (Å²) in [5, 5.41) is 2.94. The number of hydrogen-bond donors (Lipinski definition) is 0. The van der Waals surface area contributed by atoms with Gasteiger partial charge in [-0.15, -0.1) is 0 Å². The third kappa shape index (κ3) is 4.17. The molecule has 0 radical (unpaired) electrons. The molecule has 5 nitrogen and oxygen atoms in total. The lowest BCUT2D eigenvalue weighted by Crippen LogP contribution is -2.45. The van der Waals surface area contributed by atoms with Gasteiger partial charge in [0.1, 0.15) is 0 Å². The van der Waals surface area contributed by atoms with E-state index in [0.717, 1.165) is 10.8 Å². The normalized spacial score (nSPS) is 12.8. The summed E-state index contributed by atoms with van der Waals surface area (Å²) in [4.78, 5) is 32.9. The molecule has 0 bridgehead atoms. The molecule has 154 valence electrons. The van der Waals surface area contributed by atoms with Crippen LogP contribution in [0.5, 0.6) is 0 Å². The number of aromatic nitrogens is 2. The molecule has 0 N–H and O–H groups in total. The van der Waals surface area contributed by atoms with Crippen molar-refractivity contribution in [1.29, 1.82) is 0 Å². The number of amides is 1. The first-order chi connectivity index (χ1) is 13.7. The van der Waals surface area contributed by atoms with Gasteiger partial charge in [-0.1, -0.05) is 36.0 Å². The lowest BCUT2D eigenvalue weighted by Gasteiger charge is -2.33. The van der Waals surface area contributed by atoms with E-state index in [2.05, 4.69) is 0 Å². The Morgan fingerprint density at radius 1 is 1.07 bits per heavy atom. The maximum Gasteiger partial charge on any atom is 0.262 e. The van der Waals surface area contributed by atoms with E-state index in [9.17, 15) is 9.59 Å². The highest BCUT2D eigenvalue weighted by molar-refractivity contribution is 8.00. The van der Waals surface area contributed by atoms with E-state index in [1.165, 1.54) is 11.8 Å². The predicted molar refractivity (Wildman–Crippen MR) is 122 cm³/mol. The van der Waals surface area contributed by atoms with Gasteiger partial charge in [0, 0.05) is 18.6 Å². The number of hydrogen-bond acceptors (Lipinski definition) is 4. The molecule has 6 heteroatoms. The Morgan fingerprint density at radius 3 is 2.21 bits per heavy atom. The molecule has 3 aromatic rings. The van der Waals surface area contributed by atoms with Crippen LogP contribution in [0.4, 0.5) is 0 Å². The molecule has 0 spiro atoms. The van der Waals surface area contributed by atoms with Crippen molar-refractivity contribution >= 4 is 39.3 Å². The fraction of sp³-hybridized carbons (Fsp3) is 0.435. The van der Waals surface area contributed by atoms with E-state index in [1.54, 1.807) is 4.57 Å². The van der Waals surface area contributed by atoms with Crippen molar-refractivity contribution in [3.05, 3.63) is 46.8 Å². The van der Waals surface area contributed by atoms with Crippen LogP contribution in [0, 0.1) is 0 Å². The maximum absolute atomic E-state index is 13.1. The van der Waals surface area contributed by atoms with E-state index in [0.29, 0.717) is 22.6 Å². The number of carbonyl (C=O) groups is 1. The Morgan fingerprint density at radius 2 is 1.66 bits per heavy atom. The molecule has 0 fully saturated rings. The Hall–Kier alpha value is -2.34. The third-order valence-electron chi connectivity index (χ3n) is 5.10. The molecule has 0 aliphatic carbocycles. The van der Waals surface area contributed by atoms with Gasteiger partial charge in [0.05, 0.1) is 16.2 Å². The van der Waals surface area contributed by atoms with E-state index < -0.39 is 0 Å². The van der Waals surface area contributed by atoms with Crippen molar-refractivity contribution in [3.63, 3.8) is 0 Å². The van der Waals surface area contributed by atoms with Gasteiger partial charge < -0.3 is 4.90 Å². The topological polar surface area (TPSA) is 55.2 Å². The zero-order chi connectivity index (χ0) is 21.3. The second kappa shape index (κ2) is 8.57. The Labute approximate surface area is 176 Å². The minimum absolute atomic E-state index is 0.0602. The Balaban J connectivity index is 2.05. The number of rotatable bonds is 6. The summed E-state index contributed by atoms with van der Waals surface area (Å²) in [5.74, 6) is 0.0653. The van der Waals surface area contributed by atoms with Gasteiger partial charge in [-0.05, 0) is 64.4 Å². The molecule has 0 unspecified atom stereocenters. The van der Waals surface area contributed by atoms with Crippen LogP contribution in [-0.4, -0.2) is 37.7 Å². The van der Waals surface area contributed by atoms with Crippen LogP contribution in [0.15, 0.2) is 46.3 Å². The maximum atomic E-state index is 13.1. The van der Waals surface area contributed by atoms with Crippen LogP contribution in [0.25, 0.3) is 21.7 Å². The van der Waals surface area contributed by atoms with Crippen molar-refractivity contribution in [2.24, 2.45) is 0 Å². The third-order valence-corrected chi connectivity index (χ3v) is 6.18. The molecule has 1 heterocycles. The van der Waals surface area contributed by atoms with Gasteiger partial charge in [-0.3, -0.25) is 14.2 Å². The van der Waals surface area contributed by atoms with Gasteiger partial charge in [0.25, 0.3) is 5.56 Å². The fourth-order valence-electron chi connectivity index (χ4n) is 3.78. The average Bonchev–Trinajstić information content (AvgIpc) is 2.66. The first-order valence-corrected chi connectivity index (χ1v) is 11.0. The molecular weight excluding hydrogens is 382 g/mol. The average molecular weight is 412 g/mol. The molecule has 3 rings (SSSR count). The second-order valence-electron chi connectivity index (χ2n) is 7.85. The van der Waals surface area contributed by atoms with Crippen LogP contribution in [0.1, 0.15) is 41.5 Å². The van der Waals surface area contributed by atoms with Crippen molar-refractivity contribution in [2.45, 2.75) is 70.6 Å². The predicted octanol–water partition coefficient (Wildman–Crippen LogP) is 4.70. The molecule has 0 aliphatic heterocycles. The molecule has 0 aliphatic rings. The summed E-state index contributed by atoms with van der Waals surface area (Å²) in [6.45, 7) is 12.4. The summed E-state index contributed by atoms with van der Waals surface area (Å²) in [6.07, 6.45) is 0. The van der Waals surface area contributed by atoms with Crippen LogP contribution in [0.2, 0.25) is 0 Å². The summed E-state index contributed by atoms with van der Waals surface area (Å²) >= 11 is 1.36. The standard InChI is InChI=1S/C23H29N3O2S/c1-7-25-22(28)19-12-17-10-8-9-11-18(17)13-20(19)24-23(25)29-16(6)21(27)26(14(2)3)15(4)5/h8-16H,7H2,1-6H3/t16-/m1/s1. The lowest BCUT2D eigenvalue weighted by atomic mass is 10.1. The van der Waals surface area contributed by atoms with Crippen molar-refractivity contribution < 1.29 is 4.79 Å². The lowest BCUT2D eigenvalue weighted by molar-refractivity contribution is -0.133. The highest BCUT2D eigenvalue weighted by atomic mass is 32.2. The highest BCUT2D eigenvalue weighted by Crippen LogP contribution is 2.27. The van der Waals surface area contributed by atoms with Gasteiger partial charge >= 0.3 is 0 Å². The zero-order valence-electron chi connectivity index (χ0n) is 18.0. The second-order valence-corrected chi connectivity index (χ2v) is 9.16. The Bertz CT molecular complexity index is 1100. The summed E-state index contributed by atoms with van der Waals surface area (Å²) in [5.41, 5.74) is 0.611. The van der Waals surface area contributed by atoms with Crippen LogP contribution in [0.3, 0.4) is 0 Å². The zero-order valence-corrected chi connectivity index (χ0v) is 18.8. The fourth-order valence-corrected chi connectivity index (χ4v) is 4.81. The first-order valence-electron chi connectivity index (χ1n) is 10.2. The molecule has 1 atom stereocenters. The quantitative estimate of drug-likeness (QED) is 0.335. The number of thioether (sulfide) groups is 1. The number of carbonyl (C=O) groups excluding carboxylic acids is 1. The number of nitrogens with zero attached hydrogens (tertiary/aromatic N) is 3. The summed E-state index contributed by atoms with van der Waals surface area (Å²) < 4.78 is 1.67. The summed E-state index contributed by atoms with van der Waals surface area (Å²) in [6, 6.07) is 12.1. The first kappa shape index (κ1) is 21.4. The number of benzene rings is 2. The SMILES string of the molecule is CCn1c(S[C@H](C)C(=O)N(C(C)C)C(C)C)nc2cc3ccccc3cc2c1=O. The van der Waals surface area contributed by atoms with Crippen LogP contribution >= 0.6 is 11.8 Å². The van der Waals surface area contributed by atoms with E-state index in [1.807, 2.05) is 82.8 Å².